The van der Waals surface area contributed by atoms with Gasteiger partial charge in [-0.15, -0.1) is 0 Å². The van der Waals surface area contributed by atoms with Gasteiger partial charge in [-0.1, -0.05) is 6.92 Å². The van der Waals surface area contributed by atoms with Gasteiger partial charge in [-0.25, -0.2) is 0 Å². The third-order valence-electron chi connectivity index (χ3n) is 8.11. The standard InChI is InChI=1S/C22H26O8/c1-11(23)29-18-14(24)7-16-21(2)8-15(12-4-6-27-9-12)30-19(25)13(21)3-5-22(16)10-28-20(26)17(18)22/h4,6,9,13-18,24H,3,5,7-8,10H2,1-2H3/t13-,14+,15-,16-,17+,18+,21+,22+/m1/s1. The Morgan fingerprint density at radius 3 is 2.80 bits per heavy atom. The summed E-state index contributed by atoms with van der Waals surface area (Å²) in [7, 11) is 0. The van der Waals surface area contributed by atoms with E-state index in [1.165, 1.54) is 6.92 Å². The lowest BCUT2D eigenvalue weighted by Gasteiger charge is -2.61. The molecule has 30 heavy (non-hydrogen) atoms. The van der Waals surface area contributed by atoms with Crippen molar-refractivity contribution in [2.45, 2.75) is 57.8 Å². The van der Waals surface area contributed by atoms with Crippen LogP contribution < -0.4 is 0 Å². The summed E-state index contributed by atoms with van der Waals surface area (Å²) in [6.07, 6.45) is 2.84. The minimum atomic E-state index is -0.997. The number of carbonyl (C=O) groups is 3. The van der Waals surface area contributed by atoms with Gasteiger partial charge in [0.2, 0.25) is 0 Å². The molecule has 0 amide bonds. The fourth-order valence-corrected chi connectivity index (χ4v) is 6.86. The molecule has 162 valence electrons. The molecule has 0 aromatic carbocycles. The topological polar surface area (TPSA) is 112 Å². The molecule has 4 fully saturated rings. The average Bonchev–Trinajstić information content (AvgIpc) is 3.31. The van der Waals surface area contributed by atoms with E-state index in [9.17, 15) is 19.5 Å². The van der Waals surface area contributed by atoms with Gasteiger partial charge >= 0.3 is 17.9 Å². The van der Waals surface area contributed by atoms with Crippen LogP contribution in [0.25, 0.3) is 0 Å². The molecule has 8 heteroatoms. The first-order chi connectivity index (χ1) is 14.3. The Hall–Kier alpha value is -2.35. The molecule has 1 spiro atoms. The van der Waals surface area contributed by atoms with Crippen molar-refractivity contribution in [2.75, 3.05) is 6.61 Å². The summed E-state index contributed by atoms with van der Waals surface area (Å²) in [5.74, 6) is -2.40. The molecule has 3 heterocycles. The normalized spacial score (nSPS) is 44.9. The highest BCUT2D eigenvalue weighted by Gasteiger charge is 2.71. The smallest absolute Gasteiger partial charge is 0.313 e. The molecule has 5 rings (SSSR count). The van der Waals surface area contributed by atoms with Crippen LogP contribution in [0.2, 0.25) is 0 Å². The van der Waals surface area contributed by atoms with Crippen LogP contribution >= 0.6 is 0 Å². The maximum Gasteiger partial charge on any atom is 0.313 e. The summed E-state index contributed by atoms with van der Waals surface area (Å²) < 4.78 is 21.8. The fraction of sp³-hybridized carbons (Fsp3) is 0.682. The first-order valence-electron chi connectivity index (χ1n) is 10.5. The largest absolute Gasteiger partial charge is 0.472 e. The lowest BCUT2D eigenvalue weighted by atomic mass is 9.43. The molecule has 0 radical (unpaired) electrons. The maximum absolute atomic E-state index is 13.0. The van der Waals surface area contributed by atoms with E-state index in [-0.39, 0.29) is 24.4 Å². The van der Waals surface area contributed by atoms with Crippen LogP contribution in [0.3, 0.4) is 0 Å². The molecule has 2 aliphatic heterocycles. The maximum atomic E-state index is 13.0. The third kappa shape index (κ3) is 2.58. The second-order valence-corrected chi connectivity index (χ2v) is 9.53. The lowest BCUT2D eigenvalue weighted by Crippen LogP contribution is -2.64. The van der Waals surface area contributed by atoms with Gasteiger partial charge in [-0.2, -0.15) is 0 Å². The predicted molar refractivity (Wildman–Crippen MR) is 99.5 cm³/mol. The van der Waals surface area contributed by atoms with Crippen molar-refractivity contribution in [1.29, 1.82) is 0 Å². The molecule has 0 unspecified atom stereocenters. The Labute approximate surface area is 173 Å². The minimum absolute atomic E-state index is 0.149. The van der Waals surface area contributed by atoms with E-state index in [1.54, 1.807) is 18.6 Å². The van der Waals surface area contributed by atoms with Crippen LogP contribution in [0, 0.1) is 28.6 Å². The van der Waals surface area contributed by atoms with Gasteiger partial charge in [0, 0.05) is 17.9 Å². The van der Waals surface area contributed by atoms with Crippen molar-refractivity contribution in [3.8, 4) is 0 Å². The van der Waals surface area contributed by atoms with Gasteiger partial charge in [-0.05, 0) is 43.1 Å². The van der Waals surface area contributed by atoms with Gasteiger partial charge in [-0.3, -0.25) is 14.4 Å². The Balaban J connectivity index is 1.55. The summed E-state index contributed by atoms with van der Waals surface area (Å²) in [4.78, 5) is 37.4. The van der Waals surface area contributed by atoms with Gasteiger partial charge in [0.05, 0.1) is 31.2 Å². The number of carbonyl (C=O) groups excluding carboxylic acids is 3. The molecule has 4 aliphatic rings. The Kier molecular flexibility index (Phi) is 4.29. The Morgan fingerprint density at radius 1 is 1.30 bits per heavy atom. The van der Waals surface area contributed by atoms with Gasteiger partial charge in [0.15, 0.2) is 0 Å². The summed E-state index contributed by atoms with van der Waals surface area (Å²) in [5.41, 5.74) is -0.267. The van der Waals surface area contributed by atoms with E-state index in [0.29, 0.717) is 25.7 Å². The van der Waals surface area contributed by atoms with E-state index in [1.807, 2.05) is 0 Å². The van der Waals surface area contributed by atoms with Crippen LogP contribution in [0.1, 0.15) is 51.2 Å². The van der Waals surface area contributed by atoms with Gasteiger partial charge in [0.25, 0.3) is 0 Å². The molecule has 2 saturated carbocycles. The molecular formula is C22H26O8. The second-order valence-electron chi connectivity index (χ2n) is 9.53. The van der Waals surface area contributed by atoms with Crippen LogP contribution in [-0.2, 0) is 28.6 Å². The number of furan rings is 1. The number of hydrogen-bond donors (Lipinski definition) is 1. The van der Waals surface area contributed by atoms with Crippen molar-refractivity contribution in [3.63, 3.8) is 0 Å². The number of rotatable bonds is 2. The summed E-state index contributed by atoms with van der Waals surface area (Å²) >= 11 is 0. The molecule has 8 atom stereocenters. The number of cyclic esters (lactones) is 2. The number of esters is 3. The highest BCUT2D eigenvalue weighted by atomic mass is 16.6. The van der Waals surface area contributed by atoms with Crippen molar-refractivity contribution < 1.29 is 38.1 Å². The van der Waals surface area contributed by atoms with Crippen molar-refractivity contribution in [2.24, 2.45) is 28.6 Å². The zero-order valence-corrected chi connectivity index (χ0v) is 17.0. The van der Waals surface area contributed by atoms with Gasteiger partial charge in [0.1, 0.15) is 18.1 Å². The monoisotopic (exact) mass is 418 g/mol. The molecule has 1 aromatic heterocycles. The third-order valence-corrected chi connectivity index (χ3v) is 8.11. The average molecular weight is 418 g/mol. The predicted octanol–water partition coefficient (Wildman–Crippen LogP) is 2.16. The molecule has 1 aromatic rings. The summed E-state index contributed by atoms with van der Waals surface area (Å²) in [6.45, 7) is 3.56. The highest BCUT2D eigenvalue weighted by molar-refractivity contribution is 5.79. The number of ether oxygens (including phenoxy) is 3. The minimum Gasteiger partial charge on any atom is -0.472 e. The molecule has 0 bridgehead atoms. The van der Waals surface area contributed by atoms with Crippen molar-refractivity contribution >= 4 is 17.9 Å². The Morgan fingerprint density at radius 2 is 2.10 bits per heavy atom. The Bertz CT molecular complexity index is 878. The molecule has 8 nitrogen and oxygen atoms in total. The number of aliphatic hydroxyl groups excluding tert-OH is 1. The van der Waals surface area contributed by atoms with Crippen LogP contribution in [0.4, 0.5) is 0 Å². The van der Waals surface area contributed by atoms with E-state index in [4.69, 9.17) is 18.6 Å². The SMILES string of the molecule is CC(=O)O[C@@H]1[C@H]2C(=O)OC[C@]23CC[C@@H]2C(=O)O[C@@H](c4ccoc4)C[C@]2(C)[C@H]3C[C@@H]1O. The first-order valence-corrected chi connectivity index (χ1v) is 10.5. The van der Waals surface area contributed by atoms with Crippen LogP contribution in [0.15, 0.2) is 23.0 Å². The molecule has 2 aliphatic carbocycles. The highest BCUT2D eigenvalue weighted by Crippen LogP contribution is 2.67. The van der Waals surface area contributed by atoms with Crippen molar-refractivity contribution in [1.82, 2.24) is 0 Å². The van der Waals surface area contributed by atoms with Gasteiger partial charge < -0.3 is 23.7 Å². The zero-order chi connectivity index (χ0) is 21.3. The molecule has 1 N–H and O–H groups in total. The fourth-order valence-electron chi connectivity index (χ4n) is 6.86. The zero-order valence-electron chi connectivity index (χ0n) is 17.0. The van der Waals surface area contributed by atoms with Crippen LogP contribution in [-0.4, -0.2) is 41.8 Å². The summed E-state index contributed by atoms with van der Waals surface area (Å²) in [6, 6.07) is 1.79. The number of hydrogen-bond acceptors (Lipinski definition) is 8. The van der Waals surface area contributed by atoms with E-state index < -0.39 is 47.0 Å². The van der Waals surface area contributed by atoms with Crippen molar-refractivity contribution in [3.05, 3.63) is 24.2 Å². The lowest BCUT2D eigenvalue weighted by molar-refractivity contribution is -0.222. The van der Waals surface area contributed by atoms with Crippen LogP contribution in [0.5, 0.6) is 0 Å². The van der Waals surface area contributed by atoms with E-state index >= 15 is 0 Å². The molecule has 2 saturated heterocycles. The first kappa shape index (κ1) is 19.6. The molecular weight excluding hydrogens is 392 g/mol. The number of aliphatic hydroxyl groups is 1. The summed E-state index contributed by atoms with van der Waals surface area (Å²) in [5, 5.41) is 10.9. The number of fused-ring (bicyclic) bond motifs is 2. The second kappa shape index (κ2) is 6.57. The quantitative estimate of drug-likeness (QED) is 0.574. The van der Waals surface area contributed by atoms with E-state index in [2.05, 4.69) is 6.92 Å². The van der Waals surface area contributed by atoms with E-state index in [0.717, 1.165) is 5.56 Å².